The minimum Gasteiger partial charge on any atom is -0.343 e. The number of benzene rings is 3. The number of anilines is 1. The van der Waals surface area contributed by atoms with Crippen LogP contribution < -0.4 is 5.43 Å². The molecule has 1 N–H and O–H groups in total. The smallest absolute Gasteiger partial charge is 0.203 e. The molecule has 5 aromatic rings. The molecule has 0 aliphatic carbocycles. The van der Waals surface area contributed by atoms with E-state index >= 15 is 0 Å². The molecule has 0 aliphatic rings. The maximum atomic E-state index is 4.61. The van der Waals surface area contributed by atoms with Crippen LogP contribution in [-0.2, 0) is 6.54 Å². The lowest BCUT2D eigenvalue weighted by Gasteiger charge is -2.07. The molecule has 31 heavy (non-hydrogen) atoms. The van der Waals surface area contributed by atoms with Crippen molar-refractivity contribution in [3.63, 3.8) is 0 Å². The Morgan fingerprint density at radius 1 is 1.00 bits per heavy atom. The molecule has 0 saturated carbocycles. The van der Waals surface area contributed by atoms with Gasteiger partial charge in [-0.25, -0.2) is 4.98 Å². The normalized spacial score (nSPS) is 11.4. The number of thiazole rings is 1. The Hall–Kier alpha value is -3.70. The third-order valence-corrected chi connectivity index (χ3v) is 5.97. The van der Waals surface area contributed by atoms with Gasteiger partial charge in [-0.2, -0.15) is 5.10 Å². The Balaban J connectivity index is 1.31. The van der Waals surface area contributed by atoms with E-state index in [9.17, 15) is 0 Å². The monoisotopic (exact) mass is 422 g/mol. The summed E-state index contributed by atoms with van der Waals surface area (Å²) in [7, 11) is 0. The molecule has 0 spiro atoms. The van der Waals surface area contributed by atoms with Crippen molar-refractivity contribution in [3.05, 3.63) is 107 Å². The third-order valence-electron chi connectivity index (χ3n) is 5.22. The number of hydrogen-bond donors (Lipinski definition) is 1. The van der Waals surface area contributed by atoms with E-state index in [0.717, 1.165) is 28.5 Å². The van der Waals surface area contributed by atoms with Gasteiger partial charge in [0.25, 0.3) is 0 Å². The van der Waals surface area contributed by atoms with Crippen LogP contribution in [-0.4, -0.2) is 15.8 Å². The van der Waals surface area contributed by atoms with E-state index in [1.54, 1.807) is 11.3 Å². The van der Waals surface area contributed by atoms with Gasteiger partial charge in [-0.15, -0.1) is 11.3 Å². The van der Waals surface area contributed by atoms with Gasteiger partial charge in [0.15, 0.2) is 0 Å². The fourth-order valence-electron chi connectivity index (χ4n) is 3.54. The Morgan fingerprint density at radius 3 is 2.68 bits per heavy atom. The molecular weight excluding hydrogens is 400 g/mol. The number of nitrogens with zero attached hydrogens (tertiary/aromatic N) is 3. The summed E-state index contributed by atoms with van der Waals surface area (Å²) < 4.78 is 2.28. The molecular formula is C26H22N4S. The van der Waals surface area contributed by atoms with Crippen molar-refractivity contribution >= 4 is 33.6 Å². The minimum absolute atomic E-state index is 0.777. The van der Waals surface area contributed by atoms with E-state index < -0.39 is 0 Å². The number of hydrazone groups is 1. The van der Waals surface area contributed by atoms with Gasteiger partial charge < -0.3 is 4.57 Å². The van der Waals surface area contributed by atoms with Gasteiger partial charge in [-0.1, -0.05) is 72.3 Å². The molecule has 3 aromatic carbocycles. The first kappa shape index (κ1) is 19.3. The molecule has 0 aliphatic heterocycles. The van der Waals surface area contributed by atoms with E-state index in [0.29, 0.717) is 0 Å². The van der Waals surface area contributed by atoms with Crippen molar-refractivity contribution in [1.29, 1.82) is 0 Å². The lowest BCUT2D eigenvalue weighted by atomic mass is 10.1. The van der Waals surface area contributed by atoms with Gasteiger partial charge in [-0.05, 0) is 35.6 Å². The highest BCUT2D eigenvalue weighted by molar-refractivity contribution is 7.14. The Labute approximate surface area is 185 Å². The van der Waals surface area contributed by atoms with Crippen molar-refractivity contribution in [2.45, 2.75) is 13.5 Å². The second-order valence-corrected chi connectivity index (χ2v) is 8.38. The van der Waals surface area contributed by atoms with E-state index in [4.69, 9.17) is 0 Å². The molecule has 2 heterocycles. The van der Waals surface area contributed by atoms with E-state index in [1.165, 1.54) is 22.0 Å². The summed E-state index contributed by atoms with van der Waals surface area (Å²) in [4.78, 5) is 4.61. The average Bonchev–Trinajstić information content (AvgIpc) is 3.43. The van der Waals surface area contributed by atoms with Crippen LogP contribution in [0.3, 0.4) is 0 Å². The number of hydrogen-bond acceptors (Lipinski definition) is 4. The average molecular weight is 423 g/mol. The van der Waals surface area contributed by atoms with Gasteiger partial charge in [0.05, 0.1) is 11.9 Å². The van der Waals surface area contributed by atoms with E-state index in [1.807, 2.05) is 29.8 Å². The fraction of sp³-hybridized carbons (Fsp3) is 0.0769. The molecule has 4 nitrogen and oxygen atoms in total. The van der Waals surface area contributed by atoms with Crippen LogP contribution >= 0.6 is 11.3 Å². The Kier molecular flexibility index (Phi) is 5.33. The molecule has 0 radical (unpaired) electrons. The lowest BCUT2D eigenvalue weighted by molar-refractivity contribution is 0.836. The Morgan fingerprint density at radius 2 is 1.84 bits per heavy atom. The summed E-state index contributed by atoms with van der Waals surface area (Å²) in [5.74, 6) is 0. The van der Waals surface area contributed by atoms with Crippen LogP contribution in [0.5, 0.6) is 0 Å². The quantitative estimate of drug-likeness (QED) is 0.248. The Bertz CT molecular complexity index is 1330. The molecule has 2 aromatic heterocycles. The highest BCUT2D eigenvalue weighted by Gasteiger charge is 2.04. The lowest BCUT2D eigenvalue weighted by Crippen LogP contribution is -1.98. The largest absolute Gasteiger partial charge is 0.343 e. The third kappa shape index (κ3) is 4.42. The van der Waals surface area contributed by atoms with Crippen molar-refractivity contribution in [2.24, 2.45) is 5.10 Å². The van der Waals surface area contributed by atoms with E-state index in [2.05, 4.69) is 93.9 Å². The number of aromatic nitrogens is 2. The fourth-order valence-corrected chi connectivity index (χ4v) is 4.21. The summed E-state index contributed by atoms with van der Waals surface area (Å²) in [6, 6.07) is 27.4. The van der Waals surface area contributed by atoms with Crippen LogP contribution in [0.1, 0.15) is 16.7 Å². The first-order valence-electron chi connectivity index (χ1n) is 10.2. The van der Waals surface area contributed by atoms with Crippen molar-refractivity contribution in [1.82, 2.24) is 9.55 Å². The molecule has 5 rings (SSSR count). The predicted octanol–water partition coefficient (Wildman–Crippen LogP) is 6.57. The zero-order valence-electron chi connectivity index (χ0n) is 17.2. The van der Waals surface area contributed by atoms with Gasteiger partial charge >= 0.3 is 0 Å². The van der Waals surface area contributed by atoms with Crippen molar-refractivity contribution in [2.75, 3.05) is 5.43 Å². The zero-order chi connectivity index (χ0) is 21.0. The maximum Gasteiger partial charge on any atom is 0.203 e. The molecule has 0 fully saturated rings. The predicted molar refractivity (Wildman–Crippen MR) is 131 cm³/mol. The van der Waals surface area contributed by atoms with Crippen LogP contribution in [0.2, 0.25) is 0 Å². The summed E-state index contributed by atoms with van der Waals surface area (Å²) >= 11 is 1.55. The van der Waals surface area contributed by atoms with Crippen molar-refractivity contribution in [3.8, 4) is 11.3 Å². The van der Waals surface area contributed by atoms with Gasteiger partial charge in [-0.3, -0.25) is 5.43 Å². The standard InChI is InChI=1S/C26H22N4S/c1-19-7-9-20(10-8-19)17-30-14-13-23-12-11-21(15-25(23)30)16-27-29-26-28-24(18-31-26)22-5-3-2-4-6-22/h2-16,18H,17H2,1H3,(H,28,29). The first-order valence-corrected chi connectivity index (χ1v) is 11.1. The number of fused-ring (bicyclic) bond motifs is 1. The highest BCUT2D eigenvalue weighted by atomic mass is 32.1. The van der Waals surface area contributed by atoms with Crippen LogP contribution in [0, 0.1) is 6.92 Å². The SMILES string of the molecule is Cc1ccc(Cn2ccc3ccc(C=NNc4nc(-c5ccccc5)cs4)cc32)cc1. The van der Waals surface area contributed by atoms with Crippen LogP contribution in [0.4, 0.5) is 5.13 Å². The zero-order valence-corrected chi connectivity index (χ0v) is 18.0. The van der Waals surface area contributed by atoms with Crippen LogP contribution in [0.15, 0.2) is 95.5 Å². The summed E-state index contributed by atoms with van der Waals surface area (Å²) in [6.07, 6.45) is 3.98. The summed E-state index contributed by atoms with van der Waals surface area (Å²) in [5, 5.41) is 8.44. The second-order valence-electron chi connectivity index (χ2n) is 7.52. The van der Waals surface area contributed by atoms with E-state index in [-0.39, 0.29) is 0 Å². The maximum absolute atomic E-state index is 4.61. The highest BCUT2D eigenvalue weighted by Crippen LogP contribution is 2.24. The van der Waals surface area contributed by atoms with Crippen molar-refractivity contribution < 1.29 is 0 Å². The van der Waals surface area contributed by atoms with Gasteiger partial charge in [0, 0.05) is 29.2 Å². The summed E-state index contributed by atoms with van der Waals surface area (Å²) in [6.45, 7) is 2.96. The topological polar surface area (TPSA) is 42.2 Å². The molecule has 0 saturated heterocycles. The number of rotatable bonds is 6. The summed E-state index contributed by atoms with van der Waals surface area (Å²) in [5.41, 5.74) is 9.94. The molecule has 0 bridgehead atoms. The number of aryl methyl sites for hydroxylation is 1. The van der Waals surface area contributed by atoms with Gasteiger partial charge in [0.1, 0.15) is 0 Å². The molecule has 0 unspecified atom stereocenters. The number of nitrogens with one attached hydrogen (secondary N) is 1. The molecule has 0 amide bonds. The molecule has 0 atom stereocenters. The second kappa shape index (κ2) is 8.58. The van der Waals surface area contributed by atoms with Gasteiger partial charge in [0.2, 0.25) is 5.13 Å². The molecule has 152 valence electrons. The van der Waals surface area contributed by atoms with Crippen LogP contribution in [0.25, 0.3) is 22.2 Å². The minimum atomic E-state index is 0.777. The first-order chi connectivity index (χ1) is 15.2. The molecule has 5 heteroatoms.